The van der Waals surface area contributed by atoms with Gasteiger partial charge >= 0.3 is 0 Å². The van der Waals surface area contributed by atoms with E-state index in [0.29, 0.717) is 17.9 Å². The maximum atomic E-state index is 10.4. The first kappa shape index (κ1) is 15.4. The number of phenols is 2. The molecule has 0 saturated carbocycles. The molecular formula is C19H24O2. The van der Waals surface area contributed by atoms with Gasteiger partial charge in [-0.05, 0) is 54.5 Å². The Morgan fingerprint density at radius 1 is 0.762 bits per heavy atom. The maximum Gasteiger partial charge on any atom is 0.122 e. The van der Waals surface area contributed by atoms with Gasteiger partial charge in [0.1, 0.15) is 11.5 Å². The highest BCUT2D eigenvalue weighted by molar-refractivity contribution is 5.50. The Labute approximate surface area is 127 Å². The number of hydrogen-bond donors (Lipinski definition) is 2. The van der Waals surface area contributed by atoms with Crippen molar-refractivity contribution >= 4 is 0 Å². The number of rotatable bonds is 4. The zero-order chi connectivity index (χ0) is 15.6. The van der Waals surface area contributed by atoms with Gasteiger partial charge in [-0.25, -0.2) is 0 Å². The normalized spacial score (nSPS) is 10.9. The Morgan fingerprint density at radius 3 is 2.00 bits per heavy atom. The van der Waals surface area contributed by atoms with Crippen LogP contribution in [-0.4, -0.2) is 10.2 Å². The standard InChI is InChI=1S/C19H24O2/c1-5-14-9-15(6-2)19(21)17(10-14)11-16-8-12(3)7-13(4)18(16)20/h7-10,20-21H,5-6,11H2,1-4H3. The molecule has 2 rings (SSSR count). The lowest BCUT2D eigenvalue weighted by Gasteiger charge is -2.14. The van der Waals surface area contributed by atoms with Crippen LogP contribution in [0.15, 0.2) is 24.3 Å². The summed E-state index contributed by atoms with van der Waals surface area (Å²) in [7, 11) is 0. The predicted molar refractivity (Wildman–Crippen MR) is 87.2 cm³/mol. The van der Waals surface area contributed by atoms with Crippen LogP contribution in [0, 0.1) is 13.8 Å². The van der Waals surface area contributed by atoms with Gasteiger partial charge in [0.2, 0.25) is 0 Å². The van der Waals surface area contributed by atoms with Gasteiger partial charge in [0.05, 0.1) is 0 Å². The van der Waals surface area contributed by atoms with Crippen LogP contribution in [0.1, 0.15) is 47.2 Å². The second kappa shape index (κ2) is 6.21. The minimum atomic E-state index is 0.333. The largest absolute Gasteiger partial charge is 0.507 e. The number of hydrogen-bond acceptors (Lipinski definition) is 2. The van der Waals surface area contributed by atoms with Crippen molar-refractivity contribution in [2.24, 2.45) is 0 Å². The summed E-state index contributed by atoms with van der Waals surface area (Å²) in [5, 5.41) is 20.7. The number of aromatic hydroxyl groups is 2. The number of aryl methyl sites for hydroxylation is 4. The lowest BCUT2D eigenvalue weighted by Crippen LogP contribution is -1.97. The Bertz CT molecular complexity index is 657. The molecule has 0 spiro atoms. The average Bonchev–Trinajstić information content (AvgIpc) is 2.46. The van der Waals surface area contributed by atoms with Crippen molar-refractivity contribution in [1.29, 1.82) is 0 Å². The van der Waals surface area contributed by atoms with E-state index < -0.39 is 0 Å². The fourth-order valence-corrected chi connectivity index (χ4v) is 2.83. The van der Waals surface area contributed by atoms with Crippen molar-refractivity contribution in [2.45, 2.75) is 47.0 Å². The second-order valence-corrected chi connectivity index (χ2v) is 5.74. The molecule has 0 aromatic heterocycles. The lowest BCUT2D eigenvalue weighted by molar-refractivity contribution is 0.457. The minimum absolute atomic E-state index is 0.333. The molecule has 0 amide bonds. The first-order valence-electron chi connectivity index (χ1n) is 7.59. The molecule has 2 nitrogen and oxygen atoms in total. The smallest absolute Gasteiger partial charge is 0.122 e. The molecule has 0 radical (unpaired) electrons. The fraction of sp³-hybridized carbons (Fsp3) is 0.368. The van der Waals surface area contributed by atoms with Gasteiger partial charge in [-0.1, -0.05) is 43.7 Å². The van der Waals surface area contributed by atoms with E-state index in [0.717, 1.165) is 40.7 Å². The molecule has 2 aromatic carbocycles. The first-order valence-corrected chi connectivity index (χ1v) is 7.59. The minimum Gasteiger partial charge on any atom is -0.507 e. The van der Waals surface area contributed by atoms with Crippen LogP contribution in [0.2, 0.25) is 0 Å². The van der Waals surface area contributed by atoms with Crippen LogP contribution < -0.4 is 0 Å². The molecule has 112 valence electrons. The van der Waals surface area contributed by atoms with Crippen LogP contribution in [0.25, 0.3) is 0 Å². The molecule has 0 unspecified atom stereocenters. The third kappa shape index (κ3) is 3.21. The zero-order valence-electron chi connectivity index (χ0n) is 13.3. The lowest BCUT2D eigenvalue weighted by atomic mass is 9.94. The molecule has 0 saturated heterocycles. The molecule has 0 atom stereocenters. The van der Waals surface area contributed by atoms with Crippen LogP contribution in [-0.2, 0) is 19.3 Å². The first-order chi connectivity index (χ1) is 9.96. The van der Waals surface area contributed by atoms with Crippen molar-refractivity contribution in [3.05, 3.63) is 57.6 Å². The summed E-state index contributed by atoms with van der Waals surface area (Å²) in [4.78, 5) is 0. The third-order valence-electron chi connectivity index (χ3n) is 4.02. The van der Waals surface area contributed by atoms with Gasteiger partial charge in [-0.3, -0.25) is 0 Å². The third-order valence-corrected chi connectivity index (χ3v) is 4.02. The highest BCUT2D eigenvalue weighted by atomic mass is 16.3. The molecule has 0 bridgehead atoms. The average molecular weight is 284 g/mol. The van der Waals surface area contributed by atoms with E-state index >= 15 is 0 Å². The summed E-state index contributed by atoms with van der Waals surface area (Å²) in [5.74, 6) is 0.702. The van der Waals surface area contributed by atoms with Crippen molar-refractivity contribution in [3.8, 4) is 11.5 Å². The van der Waals surface area contributed by atoms with Crippen molar-refractivity contribution in [3.63, 3.8) is 0 Å². The van der Waals surface area contributed by atoms with Gasteiger partial charge < -0.3 is 10.2 Å². The Morgan fingerprint density at radius 2 is 1.38 bits per heavy atom. The molecule has 2 N–H and O–H groups in total. The molecule has 0 heterocycles. The summed E-state index contributed by atoms with van der Waals surface area (Å²) < 4.78 is 0. The van der Waals surface area contributed by atoms with Gasteiger partial charge in [0.15, 0.2) is 0 Å². The summed E-state index contributed by atoms with van der Waals surface area (Å²) in [6.07, 6.45) is 2.31. The quantitative estimate of drug-likeness (QED) is 0.872. The van der Waals surface area contributed by atoms with Gasteiger partial charge in [0.25, 0.3) is 0 Å². The predicted octanol–water partition coefficient (Wildman–Crippen LogP) is 4.43. The summed E-state index contributed by atoms with van der Waals surface area (Å²) in [5.41, 5.74) is 5.98. The maximum absolute atomic E-state index is 10.4. The second-order valence-electron chi connectivity index (χ2n) is 5.74. The van der Waals surface area contributed by atoms with E-state index in [4.69, 9.17) is 0 Å². The van der Waals surface area contributed by atoms with E-state index in [2.05, 4.69) is 13.0 Å². The molecule has 0 aliphatic rings. The van der Waals surface area contributed by atoms with Gasteiger partial charge in [0, 0.05) is 6.42 Å². The number of benzene rings is 2. The molecule has 21 heavy (non-hydrogen) atoms. The SMILES string of the molecule is CCc1cc(CC)c(O)c(Cc2cc(C)cc(C)c2O)c1. The van der Waals surface area contributed by atoms with Crippen molar-refractivity contribution in [1.82, 2.24) is 0 Å². The Balaban J connectivity index is 2.49. The topological polar surface area (TPSA) is 40.5 Å². The summed E-state index contributed by atoms with van der Waals surface area (Å²) in [6, 6.07) is 8.08. The van der Waals surface area contributed by atoms with E-state index in [1.54, 1.807) is 0 Å². The van der Waals surface area contributed by atoms with Crippen molar-refractivity contribution < 1.29 is 10.2 Å². The van der Waals surface area contributed by atoms with Crippen molar-refractivity contribution in [2.75, 3.05) is 0 Å². The molecular weight excluding hydrogens is 260 g/mol. The van der Waals surface area contributed by atoms with Gasteiger partial charge in [-0.2, -0.15) is 0 Å². The van der Waals surface area contributed by atoms with E-state index in [9.17, 15) is 10.2 Å². The highest BCUT2D eigenvalue weighted by Gasteiger charge is 2.12. The molecule has 0 fully saturated rings. The monoisotopic (exact) mass is 284 g/mol. The number of phenolic OH excluding ortho intramolecular Hbond substituents is 2. The fourth-order valence-electron chi connectivity index (χ4n) is 2.83. The zero-order valence-corrected chi connectivity index (χ0v) is 13.3. The summed E-state index contributed by atoms with van der Waals surface area (Å²) >= 11 is 0. The Kier molecular flexibility index (Phi) is 4.56. The van der Waals surface area contributed by atoms with Gasteiger partial charge in [-0.15, -0.1) is 0 Å². The molecule has 0 aliphatic carbocycles. The van der Waals surface area contributed by atoms with Crippen LogP contribution in [0.5, 0.6) is 11.5 Å². The Hall–Kier alpha value is -1.96. The molecule has 0 aliphatic heterocycles. The van der Waals surface area contributed by atoms with Crippen LogP contribution >= 0.6 is 0 Å². The molecule has 2 aromatic rings. The van der Waals surface area contributed by atoms with E-state index in [1.807, 2.05) is 39.0 Å². The van der Waals surface area contributed by atoms with Crippen LogP contribution in [0.3, 0.4) is 0 Å². The van der Waals surface area contributed by atoms with E-state index in [-0.39, 0.29) is 0 Å². The van der Waals surface area contributed by atoms with E-state index in [1.165, 1.54) is 5.56 Å². The molecule has 2 heteroatoms. The highest BCUT2D eigenvalue weighted by Crippen LogP contribution is 2.32. The summed E-state index contributed by atoms with van der Waals surface area (Å²) in [6.45, 7) is 8.10. The van der Waals surface area contributed by atoms with Crippen LogP contribution in [0.4, 0.5) is 0 Å².